The van der Waals surface area contributed by atoms with Crippen LogP contribution in [0.2, 0.25) is 25.1 Å². The molecule has 0 N–H and O–H groups in total. The van der Waals surface area contributed by atoms with Gasteiger partial charge in [-0.05, 0) is 0 Å². The predicted molar refractivity (Wildman–Crippen MR) is 211 cm³/mol. The third-order valence-electron chi connectivity index (χ3n) is 7.66. The fourth-order valence-corrected chi connectivity index (χ4v) is 21.6. The van der Waals surface area contributed by atoms with Crippen molar-refractivity contribution in [3.63, 3.8) is 0 Å². The van der Waals surface area contributed by atoms with Crippen molar-refractivity contribution in [2.24, 2.45) is 0 Å². The molecule has 0 fully saturated rings. The van der Waals surface area contributed by atoms with Crippen molar-refractivity contribution in [2.75, 3.05) is 0 Å². The molecule has 0 aliphatic heterocycles. The minimum atomic E-state index is -2.74. The molecule has 0 spiro atoms. The Kier molecular flexibility index (Phi) is 13.6. The van der Waals surface area contributed by atoms with Crippen molar-refractivity contribution in [3.05, 3.63) is 198 Å². The van der Waals surface area contributed by atoms with Crippen LogP contribution in [0.3, 0.4) is 0 Å². The summed E-state index contributed by atoms with van der Waals surface area (Å²) in [4.78, 5) is 15.9. The van der Waals surface area contributed by atoms with E-state index >= 15 is 0 Å². The molecule has 0 amide bonds. The number of benzene rings is 6. The van der Waals surface area contributed by atoms with E-state index in [1.54, 1.807) is 0 Å². The normalized spacial score (nSPS) is 11.3. The Morgan fingerprint density at radius 3 is 1.27 bits per heavy atom. The van der Waals surface area contributed by atoms with Crippen molar-refractivity contribution in [3.8, 4) is 0 Å². The number of halogens is 5. The van der Waals surface area contributed by atoms with Crippen LogP contribution in [0.15, 0.2) is 161 Å². The van der Waals surface area contributed by atoms with E-state index in [1.807, 2.05) is 0 Å². The average Bonchev–Trinajstić information content (AvgIpc) is 3.15. The second-order valence-electron chi connectivity index (χ2n) is 10.8. The van der Waals surface area contributed by atoms with Crippen LogP contribution >= 0.6 is 58.0 Å². The minimum Gasteiger partial charge on any atom is -0.545 e. The molecule has 2 nitrogen and oxygen atoms in total. The Balaban J connectivity index is 0.000000281. The topological polar surface area (TPSA) is 40.1 Å². The fraction of sp³-hybridized carbons (Fsp3) is 0.0250. The number of carboxylic acids is 1. The summed E-state index contributed by atoms with van der Waals surface area (Å²) < 4.78 is 5.92. The summed E-state index contributed by atoms with van der Waals surface area (Å²) in [5.74, 6) is -1.57. The van der Waals surface area contributed by atoms with E-state index in [-0.39, 0.29) is 25.1 Å². The molecule has 0 aliphatic carbocycles. The van der Waals surface area contributed by atoms with E-state index in [0.29, 0.717) is 0 Å². The van der Waals surface area contributed by atoms with Gasteiger partial charge in [-0.3, -0.25) is 0 Å². The maximum Gasteiger partial charge on any atom is 0.0809 e. The first-order chi connectivity index (χ1) is 23.7. The molecule has 9 heteroatoms. The monoisotopic (exact) mass is 866 g/mol. The first kappa shape index (κ1) is 37.4. The number of carbonyl (C=O) groups is 1. The van der Waals surface area contributed by atoms with Gasteiger partial charge in [0.15, 0.2) is 0 Å². The zero-order chi connectivity index (χ0) is 34.8. The van der Waals surface area contributed by atoms with Crippen LogP contribution < -0.4 is 22.5 Å². The minimum absolute atomic E-state index is 0.0895. The van der Waals surface area contributed by atoms with Gasteiger partial charge in [-0.25, -0.2) is 0 Å². The Morgan fingerprint density at radius 1 is 0.531 bits per heavy atom. The molecule has 6 rings (SSSR count). The van der Waals surface area contributed by atoms with E-state index in [4.69, 9.17) is 58.0 Å². The summed E-state index contributed by atoms with van der Waals surface area (Å²) in [5.41, 5.74) is 0.948. The first-order valence-electron chi connectivity index (χ1n) is 15.1. The number of aromatic carboxylic acids is 1. The molecule has 0 atom stereocenters. The molecule has 49 heavy (non-hydrogen) atoms. The molecule has 6 aromatic rings. The molecule has 0 heterocycles. The number of hydrogen-bond acceptors (Lipinski definition) is 2. The summed E-state index contributed by atoms with van der Waals surface area (Å²) >= 11 is 23.6. The van der Waals surface area contributed by atoms with Crippen LogP contribution in [-0.2, 0) is 5.21 Å². The van der Waals surface area contributed by atoms with E-state index in [2.05, 4.69) is 161 Å². The number of hydrogen-bond donors (Lipinski definition) is 0. The van der Waals surface area contributed by atoms with Crippen molar-refractivity contribution in [2.45, 2.75) is 5.21 Å². The van der Waals surface area contributed by atoms with Gasteiger partial charge >= 0.3 is 218 Å². The van der Waals surface area contributed by atoms with Gasteiger partial charge < -0.3 is 9.90 Å². The fourth-order valence-electron chi connectivity index (χ4n) is 5.28. The van der Waals surface area contributed by atoms with Gasteiger partial charge in [0.05, 0.1) is 31.1 Å². The van der Waals surface area contributed by atoms with Gasteiger partial charge in [0.2, 0.25) is 0 Å². The second-order valence-corrected chi connectivity index (χ2v) is 24.1. The molecular weight excluding hydrogens is 840 g/mol. The van der Waals surface area contributed by atoms with Gasteiger partial charge in [-0.1, -0.05) is 58.0 Å². The molecule has 0 saturated carbocycles. The molecule has 0 unspecified atom stereocenters. The van der Waals surface area contributed by atoms with Crippen LogP contribution in [0.25, 0.3) is 0 Å². The maximum absolute atomic E-state index is 10.6. The molecule has 0 aromatic heterocycles. The van der Waals surface area contributed by atoms with Crippen molar-refractivity contribution in [1.29, 1.82) is 0 Å². The average molecular weight is 869 g/mol. The van der Waals surface area contributed by atoms with Gasteiger partial charge in [0.1, 0.15) is 0 Å². The van der Waals surface area contributed by atoms with Crippen molar-refractivity contribution < 1.29 is 9.90 Å². The van der Waals surface area contributed by atoms with E-state index < -0.39 is 39.7 Å². The van der Waals surface area contributed by atoms with Gasteiger partial charge in [-0.15, -0.1) is 0 Å². The quantitative estimate of drug-likeness (QED) is 0.0835. The van der Waals surface area contributed by atoms with E-state index in [1.165, 1.54) is 23.0 Å². The Labute approximate surface area is 319 Å². The predicted octanol–water partition coefficient (Wildman–Crippen LogP) is 8.29. The smallest absolute Gasteiger partial charge is 0.0809 e. The molecule has 0 radical (unpaired) electrons. The molecule has 0 saturated heterocycles. The van der Waals surface area contributed by atoms with E-state index in [9.17, 15) is 9.90 Å². The van der Waals surface area contributed by atoms with Crippen LogP contribution in [-0.4, -0.2) is 34.2 Å². The molecule has 246 valence electrons. The standard InChI is InChI=1S/C33H29As2.C7HCl5O2/c1-6-16-29(17-7-1)28-35(32-22-12-4-13-23-32,33-24-14-5-15-25-33)27-26-34(30-18-8-2-9-19-30)31-20-10-3-11-21-31;8-2-1(7(13)14)3(9)5(11)6(12)4(2)10/h1-27H,28H2;(H,13,14)/q+1;/p-1/b27-26-;. The third kappa shape index (κ3) is 9.07. The zero-order valence-electron chi connectivity index (χ0n) is 25.9. The van der Waals surface area contributed by atoms with Gasteiger partial charge in [0, 0.05) is 5.56 Å². The Bertz CT molecular complexity index is 1900. The third-order valence-corrected chi connectivity index (χ3v) is 23.9. The second kappa shape index (κ2) is 17.8. The molecular formula is C40H29As2Cl5O2. The van der Waals surface area contributed by atoms with Crippen LogP contribution in [0.1, 0.15) is 15.9 Å². The van der Waals surface area contributed by atoms with Gasteiger partial charge in [-0.2, -0.15) is 0 Å². The van der Waals surface area contributed by atoms with E-state index in [0.717, 1.165) is 5.21 Å². The van der Waals surface area contributed by atoms with Gasteiger partial charge in [0.25, 0.3) is 0 Å². The molecule has 0 bridgehead atoms. The number of carbonyl (C=O) groups excluding carboxylic acids is 1. The number of rotatable bonds is 9. The van der Waals surface area contributed by atoms with Crippen LogP contribution in [0.4, 0.5) is 0 Å². The molecule has 6 aromatic carbocycles. The summed E-state index contributed by atoms with van der Waals surface area (Å²) in [6.07, 6.45) is 0. The van der Waals surface area contributed by atoms with Crippen molar-refractivity contribution >= 4 is 110 Å². The van der Waals surface area contributed by atoms with Crippen molar-refractivity contribution in [1.82, 2.24) is 0 Å². The number of carboxylic acid groups (broad SMARTS) is 1. The largest absolute Gasteiger partial charge is 0.545 e. The summed E-state index contributed by atoms with van der Waals surface area (Å²) in [7, 11) is 0. The first-order valence-corrected chi connectivity index (χ1v) is 24.2. The molecule has 0 aliphatic rings. The Hall–Kier alpha value is -2.90. The van der Waals surface area contributed by atoms with Crippen LogP contribution in [0, 0.1) is 0 Å². The summed E-state index contributed by atoms with van der Waals surface area (Å²) in [6.45, 7) is 0. The maximum atomic E-state index is 10.6. The SMILES string of the molecule is C(=C/[As+](Cc1ccccc1)(c1ccccc1)c1ccccc1)/[As](c1ccccc1)c1ccccc1.O=C([O-])c1c(Cl)c(Cl)c(Cl)c(Cl)c1Cl. The summed E-state index contributed by atoms with van der Waals surface area (Å²) in [6, 6.07) is 55.8. The summed E-state index contributed by atoms with van der Waals surface area (Å²) in [5, 5.41) is 10.7. The van der Waals surface area contributed by atoms with Crippen LogP contribution in [0.5, 0.6) is 0 Å². The zero-order valence-corrected chi connectivity index (χ0v) is 33.4. The Morgan fingerprint density at radius 2 is 0.878 bits per heavy atom.